The molecule has 0 bridgehead atoms. The topological polar surface area (TPSA) is 76.2 Å². The standard InChI is InChI=1S/C20H24N2O5S/c1-16-3-5-18(6-4-16)27-15-20(23)21-11-13-22(14-12-21)28(24,25)19-9-7-17(26-2)8-10-19/h3-10H,11-15H2,1-2H3. The number of ether oxygens (including phenoxy) is 2. The fourth-order valence-corrected chi connectivity index (χ4v) is 4.37. The molecule has 7 nitrogen and oxygen atoms in total. The van der Waals surface area contributed by atoms with Gasteiger partial charge < -0.3 is 14.4 Å². The van der Waals surface area contributed by atoms with Crippen molar-refractivity contribution in [3.8, 4) is 11.5 Å². The van der Waals surface area contributed by atoms with E-state index in [0.29, 0.717) is 24.6 Å². The highest BCUT2D eigenvalue weighted by molar-refractivity contribution is 7.89. The van der Waals surface area contributed by atoms with Crippen LogP contribution < -0.4 is 9.47 Å². The number of nitrogens with zero attached hydrogens (tertiary/aromatic N) is 2. The first kappa shape index (κ1) is 20.2. The molecule has 28 heavy (non-hydrogen) atoms. The van der Waals surface area contributed by atoms with Crippen molar-refractivity contribution >= 4 is 15.9 Å². The monoisotopic (exact) mass is 404 g/mol. The Morgan fingerprint density at radius 3 is 2.07 bits per heavy atom. The maximum Gasteiger partial charge on any atom is 0.260 e. The SMILES string of the molecule is COc1ccc(S(=O)(=O)N2CCN(C(=O)COc3ccc(C)cc3)CC2)cc1. The smallest absolute Gasteiger partial charge is 0.260 e. The molecule has 0 aliphatic carbocycles. The Morgan fingerprint density at radius 1 is 0.929 bits per heavy atom. The van der Waals surface area contributed by atoms with Crippen LogP contribution in [0.2, 0.25) is 0 Å². The zero-order chi connectivity index (χ0) is 20.1. The molecular formula is C20H24N2O5S. The molecule has 1 saturated heterocycles. The van der Waals surface area contributed by atoms with E-state index in [4.69, 9.17) is 9.47 Å². The largest absolute Gasteiger partial charge is 0.497 e. The van der Waals surface area contributed by atoms with Crippen LogP contribution in [0, 0.1) is 6.92 Å². The molecule has 0 aromatic heterocycles. The average molecular weight is 404 g/mol. The number of amides is 1. The zero-order valence-electron chi connectivity index (χ0n) is 16.0. The number of benzene rings is 2. The maximum atomic E-state index is 12.8. The van der Waals surface area contributed by atoms with E-state index in [1.165, 1.54) is 23.5 Å². The Bertz CT molecular complexity index is 903. The Hall–Kier alpha value is -2.58. The van der Waals surface area contributed by atoms with Crippen molar-refractivity contribution in [1.29, 1.82) is 0 Å². The van der Waals surface area contributed by atoms with E-state index in [1.54, 1.807) is 17.0 Å². The van der Waals surface area contributed by atoms with Gasteiger partial charge in [0.25, 0.3) is 5.91 Å². The van der Waals surface area contributed by atoms with Gasteiger partial charge in [-0.3, -0.25) is 4.79 Å². The molecule has 0 radical (unpaired) electrons. The minimum absolute atomic E-state index is 0.0612. The fraction of sp³-hybridized carbons (Fsp3) is 0.350. The zero-order valence-corrected chi connectivity index (χ0v) is 16.8. The fourth-order valence-electron chi connectivity index (χ4n) is 2.95. The molecule has 3 rings (SSSR count). The summed E-state index contributed by atoms with van der Waals surface area (Å²) in [5.41, 5.74) is 1.12. The number of carbonyl (C=O) groups excluding carboxylic acids is 1. The van der Waals surface area contributed by atoms with Crippen molar-refractivity contribution in [1.82, 2.24) is 9.21 Å². The molecule has 0 unspecified atom stereocenters. The van der Waals surface area contributed by atoms with Gasteiger partial charge in [-0.1, -0.05) is 17.7 Å². The van der Waals surface area contributed by atoms with Crippen molar-refractivity contribution in [2.45, 2.75) is 11.8 Å². The highest BCUT2D eigenvalue weighted by Gasteiger charge is 2.30. The highest BCUT2D eigenvalue weighted by atomic mass is 32.2. The van der Waals surface area contributed by atoms with Crippen LogP contribution in [0.15, 0.2) is 53.4 Å². The van der Waals surface area contributed by atoms with E-state index in [1.807, 2.05) is 31.2 Å². The molecule has 8 heteroatoms. The summed E-state index contributed by atoms with van der Waals surface area (Å²) < 4.78 is 37.5. The van der Waals surface area contributed by atoms with E-state index in [2.05, 4.69) is 0 Å². The third kappa shape index (κ3) is 4.63. The summed E-state index contributed by atoms with van der Waals surface area (Å²) >= 11 is 0. The number of sulfonamides is 1. The molecule has 2 aromatic carbocycles. The maximum absolute atomic E-state index is 12.8. The van der Waals surface area contributed by atoms with Crippen molar-refractivity contribution in [2.75, 3.05) is 39.9 Å². The van der Waals surface area contributed by atoms with Crippen LogP contribution in [0.4, 0.5) is 0 Å². The van der Waals surface area contributed by atoms with Gasteiger partial charge in [0.15, 0.2) is 6.61 Å². The summed E-state index contributed by atoms with van der Waals surface area (Å²) in [6, 6.07) is 13.8. The van der Waals surface area contributed by atoms with Gasteiger partial charge in [-0.2, -0.15) is 4.31 Å². The molecule has 1 fully saturated rings. The van der Waals surface area contributed by atoms with Crippen molar-refractivity contribution in [2.24, 2.45) is 0 Å². The van der Waals surface area contributed by atoms with E-state index < -0.39 is 10.0 Å². The van der Waals surface area contributed by atoms with Gasteiger partial charge in [0.05, 0.1) is 12.0 Å². The number of piperazine rings is 1. The summed E-state index contributed by atoms with van der Waals surface area (Å²) in [6.07, 6.45) is 0. The van der Waals surface area contributed by atoms with Crippen LogP contribution in [-0.4, -0.2) is 63.4 Å². The second-order valence-electron chi connectivity index (χ2n) is 6.56. The minimum Gasteiger partial charge on any atom is -0.497 e. The Labute approximate surface area is 165 Å². The second-order valence-corrected chi connectivity index (χ2v) is 8.50. The summed E-state index contributed by atoms with van der Waals surface area (Å²) in [5, 5.41) is 0. The van der Waals surface area contributed by atoms with Crippen molar-refractivity contribution < 1.29 is 22.7 Å². The van der Waals surface area contributed by atoms with E-state index >= 15 is 0 Å². The number of carbonyl (C=O) groups is 1. The molecule has 0 atom stereocenters. The van der Waals surface area contributed by atoms with Gasteiger partial charge in [0, 0.05) is 26.2 Å². The molecular weight excluding hydrogens is 380 g/mol. The molecule has 1 aliphatic heterocycles. The van der Waals surface area contributed by atoms with E-state index in [0.717, 1.165) is 5.56 Å². The van der Waals surface area contributed by atoms with E-state index in [-0.39, 0.29) is 30.5 Å². The lowest BCUT2D eigenvalue weighted by Crippen LogP contribution is -2.51. The Morgan fingerprint density at radius 2 is 1.50 bits per heavy atom. The number of hydrogen-bond donors (Lipinski definition) is 0. The summed E-state index contributed by atoms with van der Waals surface area (Å²) in [6.45, 7) is 3.11. The molecule has 2 aromatic rings. The Kier molecular flexibility index (Phi) is 6.21. The predicted molar refractivity (Wildman–Crippen MR) is 105 cm³/mol. The third-order valence-electron chi connectivity index (χ3n) is 4.67. The first-order valence-electron chi connectivity index (χ1n) is 9.01. The number of hydrogen-bond acceptors (Lipinski definition) is 5. The first-order chi connectivity index (χ1) is 13.4. The quantitative estimate of drug-likeness (QED) is 0.735. The second kappa shape index (κ2) is 8.62. The van der Waals surface area contributed by atoms with Crippen molar-refractivity contribution in [3.05, 3.63) is 54.1 Å². The lowest BCUT2D eigenvalue weighted by atomic mass is 10.2. The van der Waals surface area contributed by atoms with Crippen LogP contribution in [0.1, 0.15) is 5.56 Å². The third-order valence-corrected chi connectivity index (χ3v) is 6.58. The molecule has 0 N–H and O–H groups in total. The Balaban J connectivity index is 1.54. The van der Waals surface area contributed by atoms with Crippen molar-refractivity contribution in [3.63, 3.8) is 0 Å². The molecule has 1 aliphatic rings. The predicted octanol–water partition coefficient (Wildman–Crippen LogP) is 1.92. The lowest BCUT2D eigenvalue weighted by molar-refractivity contribution is -0.134. The molecule has 1 amide bonds. The van der Waals surface area contributed by atoms with Gasteiger partial charge in [0.1, 0.15) is 11.5 Å². The molecule has 1 heterocycles. The number of rotatable bonds is 6. The van der Waals surface area contributed by atoms with Crippen LogP contribution in [0.5, 0.6) is 11.5 Å². The average Bonchev–Trinajstić information content (AvgIpc) is 2.73. The number of methoxy groups -OCH3 is 1. The first-order valence-corrected chi connectivity index (χ1v) is 10.5. The molecule has 0 spiro atoms. The normalized spacial score (nSPS) is 15.3. The summed E-state index contributed by atoms with van der Waals surface area (Å²) in [7, 11) is -2.06. The number of aryl methyl sites for hydroxylation is 1. The van der Waals surface area contributed by atoms with Gasteiger partial charge in [0.2, 0.25) is 10.0 Å². The summed E-state index contributed by atoms with van der Waals surface area (Å²) in [5.74, 6) is 1.09. The van der Waals surface area contributed by atoms with E-state index in [9.17, 15) is 13.2 Å². The summed E-state index contributed by atoms with van der Waals surface area (Å²) in [4.78, 5) is 14.2. The minimum atomic E-state index is -3.59. The lowest BCUT2D eigenvalue weighted by Gasteiger charge is -2.34. The van der Waals surface area contributed by atoms with Crippen LogP contribution in [-0.2, 0) is 14.8 Å². The van der Waals surface area contributed by atoms with Gasteiger partial charge in [-0.15, -0.1) is 0 Å². The van der Waals surface area contributed by atoms with Gasteiger partial charge in [-0.25, -0.2) is 8.42 Å². The highest BCUT2D eigenvalue weighted by Crippen LogP contribution is 2.21. The molecule has 150 valence electrons. The van der Waals surface area contributed by atoms with Crippen LogP contribution in [0.3, 0.4) is 0 Å². The molecule has 0 saturated carbocycles. The van der Waals surface area contributed by atoms with Crippen LogP contribution in [0.25, 0.3) is 0 Å². The van der Waals surface area contributed by atoms with Gasteiger partial charge >= 0.3 is 0 Å². The van der Waals surface area contributed by atoms with Crippen LogP contribution >= 0.6 is 0 Å². The van der Waals surface area contributed by atoms with Gasteiger partial charge in [-0.05, 0) is 43.3 Å².